The van der Waals surface area contributed by atoms with Crippen molar-refractivity contribution in [3.63, 3.8) is 0 Å². The van der Waals surface area contributed by atoms with Crippen LogP contribution in [0, 0.1) is 0 Å². The van der Waals surface area contributed by atoms with Gasteiger partial charge in [0.15, 0.2) is 0 Å². The van der Waals surface area contributed by atoms with Gasteiger partial charge in [-0.15, -0.1) is 0 Å². The molecule has 2 aromatic carbocycles. The van der Waals surface area contributed by atoms with Crippen LogP contribution >= 0.6 is 0 Å². The van der Waals surface area contributed by atoms with Gasteiger partial charge in [0.05, 0.1) is 17.1 Å². The summed E-state index contributed by atoms with van der Waals surface area (Å²) in [5, 5.41) is 16.4. The van der Waals surface area contributed by atoms with E-state index in [0.29, 0.717) is 5.39 Å². The highest BCUT2D eigenvalue weighted by Crippen LogP contribution is 2.14. The zero-order valence-electron chi connectivity index (χ0n) is 11.5. The summed E-state index contributed by atoms with van der Waals surface area (Å²) in [4.78, 5) is 22.4. The van der Waals surface area contributed by atoms with Crippen molar-refractivity contribution in [2.75, 3.05) is 0 Å². The predicted octanol–water partition coefficient (Wildman–Crippen LogP) is 2.79. The summed E-state index contributed by atoms with van der Waals surface area (Å²) >= 11 is 0. The molecule has 0 saturated heterocycles. The lowest BCUT2D eigenvalue weighted by atomic mass is 10.1. The first-order valence-corrected chi connectivity index (χ1v) is 6.62. The molecule has 2 N–H and O–H groups in total. The van der Waals surface area contributed by atoms with Crippen LogP contribution in [0.5, 0.6) is 0 Å². The predicted molar refractivity (Wildman–Crippen MR) is 84.7 cm³/mol. The van der Waals surface area contributed by atoms with E-state index in [-0.39, 0.29) is 11.1 Å². The number of nitrogens with one attached hydrogen (secondary N) is 1. The SMILES string of the molecule is O=C(O)c1ccc(C=Cc2ccc3c(=O)[nH]ncc3c2)cc1. The largest absolute Gasteiger partial charge is 0.478 e. The molecule has 5 heteroatoms. The number of aromatic carboxylic acids is 1. The molecule has 1 heterocycles. The smallest absolute Gasteiger partial charge is 0.335 e. The van der Waals surface area contributed by atoms with Crippen LogP contribution in [0.1, 0.15) is 21.5 Å². The van der Waals surface area contributed by atoms with Crippen molar-refractivity contribution in [3.05, 3.63) is 75.7 Å². The van der Waals surface area contributed by atoms with Crippen LogP contribution in [0.25, 0.3) is 22.9 Å². The number of carboxylic acids is 1. The van der Waals surface area contributed by atoms with Gasteiger partial charge < -0.3 is 5.11 Å². The topological polar surface area (TPSA) is 83.0 Å². The molecule has 22 heavy (non-hydrogen) atoms. The van der Waals surface area contributed by atoms with Gasteiger partial charge in [-0.05, 0) is 35.4 Å². The van der Waals surface area contributed by atoms with E-state index in [1.54, 1.807) is 36.5 Å². The van der Waals surface area contributed by atoms with E-state index in [0.717, 1.165) is 16.5 Å². The van der Waals surface area contributed by atoms with Gasteiger partial charge in [0, 0.05) is 5.39 Å². The quantitative estimate of drug-likeness (QED) is 0.727. The number of aromatic amines is 1. The normalized spacial score (nSPS) is 11.1. The third kappa shape index (κ3) is 2.78. The van der Waals surface area contributed by atoms with E-state index in [1.807, 2.05) is 24.3 Å². The van der Waals surface area contributed by atoms with Gasteiger partial charge in [0.2, 0.25) is 0 Å². The van der Waals surface area contributed by atoms with E-state index in [2.05, 4.69) is 10.2 Å². The second-order valence-electron chi connectivity index (χ2n) is 4.81. The van der Waals surface area contributed by atoms with Crippen molar-refractivity contribution in [2.45, 2.75) is 0 Å². The molecule has 0 amide bonds. The zero-order chi connectivity index (χ0) is 15.5. The molecular weight excluding hydrogens is 280 g/mol. The van der Waals surface area contributed by atoms with E-state index in [9.17, 15) is 9.59 Å². The Morgan fingerprint density at radius 3 is 2.45 bits per heavy atom. The van der Waals surface area contributed by atoms with Crippen molar-refractivity contribution in [1.29, 1.82) is 0 Å². The van der Waals surface area contributed by atoms with Crippen LogP contribution in [0.2, 0.25) is 0 Å². The minimum Gasteiger partial charge on any atom is -0.478 e. The Labute approximate surface area is 125 Å². The van der Waals surface area contributed by atoms with E-state index >= 15 is 0 Å². The van der Waals surface area contributed by atoms with Crippen LogP contribution in [0.4, 0.5) is 0 Å². The third-order valence-electron chi connectivity index (χ3n) is 3.32. The van der Waals surface area contributed by atoms with E-state index < -0.39 is 5.97 Å². The molecular formula is C17H12N2O3. The lowest BCUT2D eigenvalue weighted by Gasteiger charge is -1.99. The molecule has 108 valence electrons. The summed E-state index contributed by atoms with van der Waals surface area (Å²) in [7, 11) is 0. The number of fused-ring (bicyclic) bond motifs is 1. The first kappa shape index (κ1) is 13.8. The number of carbonyl (C=O) groups is 1. The van der Waals surface area contributed by atoms with Crippen LogP contribution in [0.3, 0.4) is 0 Å². The van der Waals surface area contributed by atoms with Gasteiger partial charge in [0.1, 0.15) is 0 Å². The molecule has 0 saturated carbocycles. The fourth-order valence-corrected chi connectivity index (χ4v) is 2.15. The molecule has 1 aromatic heterocycles. The maximum atomic E-state index is 11.6. The number of rotatable bonds is 3. The molecule has 0 bridgehead atoms. The van der Waals surface area contributed by atoms with Gasteiger partial charge in [-0.2, -0.15) is 5.10 Å². The van der Waals surface area contributed by atoms with Crippen molar-refractivity contribution >= 4 is 28.9 Å². The second kappa shape index (κ2) is 5.65. The van der Waals surface area contributed by atoms with Crippen LogP contribution in [-0.4, -0.2) is 21.3 Å². The molecule has 0 radical (unpaired) electrons. The average molecular weight is 292 g/mol. The number of nitrogens with zero attached hydrogens (tertiary/aromatic N) is 1. The van der Waals surface area contributed by atoms with Crippen molar-refractivity contribution in [3.8, 4) is 0 Å². The highest BCUT2D eigenvalue weighted by atomic mass is 16.4. The summed E-state index contributed by atoms with van der Waals surface area (Å²) < 4.78 is 0. The second-order valence-corrected chi connectivity index (χ2v) is 4.81. The number of benzene rings is 2. The number of H-pyrrole nitrogens is 1. The van der Waals surface area contributed by atoms with Gasteiger partial charge >= 0.3 is 5.97 Å². The van der Waals surface area contributed by atoms with Crippen LogP contribution < -0.4 is 5.56 Å². The lowest BCUT2D eigenvalue weighted by Crippen LogP contribution is -2.06. The highest BCUT2D eigenvalue weighted by molar-refractivity contribution is 5.88. The minimum atomic E-state index is -0.942. The number of carboxylic acid groups (broad SMARTS) is 1. The molecule has 0 aliphatic carbocycles. The zero-order valence-corrected chi connectivity index (χ0v) is 11.5. The van der Waals surface area contributed by atoms with Crippen LogP contribution in [0.15, 0.2) is 53.5 Å². The van der Waals surface area contributed by atoms with Crippen molar-refractivity contribution in [2.24, 2.45) is 0 Å². The van der Waals surface area contributed by atoms with E-state index in [4.69, 9.17) is 5.11 Å². The first-order valence-electron chi connectivity index (χ1n) is 6.62. The molecule has 3 aromatic rings. The maximum Gasteiger partial charge on any atom is 0.335 e. The molecule has 0 aliphatic heterocycles. The van der Waals surface area contributed by atoms with Gasteiger partial charge in [0.25, 0.3) is 5.56 Å². The van der Waals surface area contributed by atoms with Gasteiger partial charge in [-0.1, -0.05) is 30.4 Å². The Morgan fingerprint density at radius 2 is 1.73 bits per heavy atom. The first-order chi connectivity index (χ1) is 10.6. The monoisotopic (exact) mass is 292 g/mol. The van der Waals surface area contributed by atoms with Crippen molar-refractivity contribution in [1.82, 2.24) is 10.2 Å². The number of hydrogen-bond acceptors (Lipinski definition) is 3. The summed E-state index contributed by atoms with van der Waals surface area (Å²) in [6.07, 6.45) is 5.39. The summed E-state index contributed by atoms with van der Waals surface area (Å²) in [6, 6.07) is 12.1. The summed E-state index contributed by atoms with van der Waals surface area (Å²) in [5.41, 5.74) is 1.88. The molecule has 0 fully saturated rings. The number of hydrogen-bond donors (Lipinski definition) is 2. The van der Waals surface area contributed by atoms with Crippen LogP contribution in [-0.2, 0) is 0 Å². The Morgan fingerprint density at radius 1 is 1.05 bits per heavy atom. The lowest BCUT2D eigenvalue weighted by molar-refractivity contribution is 0.0697. The third-order valence-corrected chi connectivity index (χ3v) is 3.32. The van der Waals surface area contributed by atoms with Gasteiger partial charge in [-0.25, -0.2) is 9.89 Å². The number of aromatic nitrogens is 2. The summed E-state index contributed by atoms with van der Waals surface area (Å²) in [5.74, 6) is -0.942. The fraction of sp³-hybridized carbons (Fsp3) is 0. The van der Waals surface area contributed by atoms with Gasteiger partial charge in [-0.3, -0.25) is 4.79 Å². The standard InChI is InChI=1S/C17H12N2O3/c20-16-15-8-5-12(9-14(15)10-18-19-16)2-1-11-3-6-13(7-4-11)17(21)22/h1-10H,(H,19,20)(H,21,22). The summed E-state index contributed by atoms with van der Waals surface area (Å²) in [6.45, 7) is 0. The Kier molecular flexibility index (Phi) is 3.53. The minimum absolute atomic E-state index is 0.211. The maximum absolute atomic E-state index is 11.6. The Bertz CT molecular complexity index is 925. The molecule has 0 spiro atoms. The Balaban J connectivity index is 1.89. The molecule has 0 atom stereocenters. The van der Waals surface area contributed by atoms with Crippen molar-refractivity contribution < 1.29 is 9.90 Å². The highest BCUT2D eigenvalue weighted by Gasteiger charge is 2.01. The fourth-order valence-electron chi connectivity index (χ4n) is 2.15. The molecule has 3 rings (SSSR count). The molecule has 0 aliphatic rings. The molecule has 0 unspecified atom stereocenters. The van der Waals surface area contributed by atoms with E-state index in [1.165, 1.54) is 0 Å². The Hall–Kier alpha value is -3.21. The average Bonchev–Trinajstić information content (AvgIpc) is 2.53. The molecule has 5 nitrogen and oxygen atoms in total.